The van der Waals surface area contributed by atoms with Gasteiger partial charge in [0.25, 0.3) is 0 Å². The van der Waals surface area contributed by atoms with E-state index in [4.69, 9.17) is 20.2 Å². The third-order valence-corrected chi connectivity index (χ3v) is 4.46. The summed E-state index contributed by atoms with van der Waals surface area (Å²) in [6.45, 7) is 5.52. The van der Waals surface area contributed by atoms with E-state index in [-0.39, 0.29) is 0 Å². The van der Waals surface area contributed by atoms with Crippen molar-refractivity contribution in [1.29, 1.82) is 0 Å². The smallest absolute Gasteiger partial charge is 0.161 e. The fourth-order valence-electron chi connectivity index (χ4n) is 2.44. The van der Waals surface area contributed by atoms with Crippen LogP contribution in [0.25, 0.3) is 22.0 Å². The molecule has 0 aliphatic heterocycles. The number of pyridine rings is 1. The highest BCUT2D eigenvalue weighted by Crippen LogP contribution is 2.35. The minimum absolute atomic E-state index is 0.418. The maximum atomic E-state index is 5.70. The molecule has 130 valence electrons. The zero-order chi connectivity index (χ0) is 17.6. The molecule has 2 heterocycles. The van der Waals surface area contributed by atoms with E-state index in [9.17, 15) is 0 Å². The van der Waals surface area contributed by atoms with Gasteiger partial charge in [0.05, 0.1) is 24.6 Å². The van der Waals surface area contributed by atoms with E-state index in [1.807, 2.05) is 55.6 Å². The van der Waals surface area contributed by atoms with Crippen LogP contribution in [0.3, 0.4) is 0 Å². The molecule has 0 unspecified atom stereocenters. The second-order valence-electron chi connectivity index (χ2n) is 5.28. The number of nitrogens with two attached hydrogens (primary N) is 1. The van der Waals surface area contributed by atoms with Crippen LogP contribution in [0.2, 0.25) is 0 Å². The molecule has 0 aliphatic rings. The van der Waals surface area contributed by atoms with Crippen LogP contribution < -0.4 is 15.2 Å². The zero-order valence-corrected chi connectivity index (χ0v) is 15.2. The van der Waals surface area contributed by atoms with Crippen LogP contribution in [0.5, 0.6) is 11.5 Å². The zero-order valence-electron chi connectivity index (χ0n) is 14.4. The molecule has 6 heteroatoms. The summed E-state index contributed by atoms with van der Waals surface area (Å²) >= 11 is 1.58. The standard InChI is InChI=1S/C19H21N3O2S/c1-3-23-17-9-8-13(10-18(17)24-4-2)19-22-16(12-25-19)15-7-5-6-14(11-20)21-15/h5-10,12H,3-4,11,20H2,1-2H3. The summed E-state index contributed by atoms with van der Waals surface area (Å²) < 4.78 is 11.3. The van der Waals surface area contributed by atoms with E-state index >= 15 is 0 Å². The molecular formula is C19H21N3O2S. The molecule has 0 bridgehead atoms. The van der Waals surface area contributed by atoms with Crippen molar-refractivity contribution in [3.63, 3.8) is 0 Å². The Morgan fingerprint density at radius 3 is 2.52 bits per heavy atom. The minimum atomic E-state index is 0.418. The normalized spacial score (nSPS) is 10.7. The first kappa shape index (κ1) is 17.4. The summed E-state index contributed by atoms with van der Waals surface area (Å²) in [5.41, 5.74) is 9.21. The number of hydrogen-bond acceptors (Lipinski definition) is 6. The van der Waals surface area contributed by atoms with E-state index < -0.39 is 0 Å². The van der Waals surface area contributed by atoms with Crippen LogP contribution in [0.4, 0.5) is 0 Å². The lowest BCUT2D eigenvalue weighted by Crippen LogP contribution is -2.00. The van der Waals surface area contributed by atoms with Gasteiger partial charge in [-0.25, -0.2) is 9.97 Å². The molecule has 0 atom stereocenters. The monoisotopic (exact) mass is 355 g/mol. The number of benzene rings is 1. The number of nitrogens with zero attached hydrogens (tertiary/aromatic N) is 2. The second kappa shape index (κ2) is 8.09. The molecule has 25 heavy (non-hydrogen) atoms. The molecule has 0 amide bonds. The topological polar surface area (TPSA) is 70.3 Å². The Hall–Kier alpha value is -2.44. The molecule has 1 aromatic carbocycles. The molecule has 0 spiro atoms. The maximum absolute atomic E-state index is 5.70. The minimum Gasteiger partial charge on any atom is -0.490 e. The van der Waals surface area contributed by atoms with Crippen molar-refractivity contribution in [3.8, 4) is 33.5 Å². The first-order chi connectivity index (χ1) is 12.2. The Labute approximate surface area is 151 Å². The Morgan fingerprint density at radius 1 is 0.960 bits per heavy atom. The molecule has 0 aliphatic carbocycles. The lowest BCUT2D eigenvalue weighted by Gasteiger charge is -2.11. The van der Waals surface area contributed by atoms with Crippen molar-refractivity contribution in [3.05, 3.63) is 47.5 Å². The lowest BCUT2D eigenvalue weighted by molar-refractivity contribution is 0.288. The van der Waals surface area contributed by atoms with Gasteiger partial charge in [-0.15, -0.1) is 11.3 Å². The summed E-state index contributed by atoms with van der Waals surface area (Å²) in [7, 11) is 0. The van der Waals surface area contributed by atoms with E-state index in [2.05, 4.69) is 4.98 Å². The van der Waals surface area contributed by atoms with Crippen molar-refractivity contribution in [2.45, 2.75) is 20.4 Å². The lowest BCUT2D eigenvalue weighted by atomic mass is 10.2. The summed E-state index contributed by atoms with van der Waals surface area (Å²) in [4.78, 5) is 9.25. The van der Waals surface area contributed by atoms with E-state index in [1.54, 1.807) is 11.3 Å². The number of ether oxygens (including phenoxy) is 2. The van der Waals surface area contributed by atoms with Gasteiger partial charge in [-0.2, -0.15) is 0 Å². The molecule has 3 rings (SSSR count). The van der Waals surface area contributed by atoms with Crippen LogP contribution in [-0.2, 0) is 6.54 Å². The van der Waals surface area contributed by atoms with Gasteiger partial charge in [0.15, 0.2) is 11.5 Å². The average molecular weight is 355 g/mol. The van der Waals surface area contributed by atoms with Gasteiger partial charge in [-0.1, -0.05) is 6.07 Å². The van der Waals surface area contributed by atoms with E-state index in [0.717, 1.165) is 39.2 Å². The van der Waals surface area contributed by atoms with Gasteiger partial charge < -0.3 is 15.2 Å². The molecule has 3 aromatic rings. The molecular weight excluding hydrogens is 334 g/mol. The van der Waals surface area contributed by atoms with Gasteiger partial charge >= 0.3 is 0 Å². The fraction of sp³-hybridized carbons (Fsp3) is 0.263. The molecule has 0 saturated heterocycles. The Balaban J connectivity index is 1.92. The van der Waals surface area contributed by atoms with Crippen molar-refractivity contribution in [1.82, 2.24) is 9.97 Å². The Bertz CT molecular complexity index is 848. The maximum Gasteiger partial charge on any atom is 0.161 e. The molecule has 2 N–H and O–H groups in total. The quantitative estimate of drug-likeness (QED) is 0.690. The Morgan fingerprint density at radius 2 is 1.76 bits per heavy atom. The van der Waals surface area contributed by atoms with Gasteiger partial charge in [0, 0.05) is 17.5 Å². The summed E-state index contributed by atoms with van der Waals surface area (Å²) in [6, 6.07) is 11.7. The fourth-order valence-corrected chi connectivity index (χ4v) is 3.25. The highest BCUT2D eigenvalue weighted by Gasteiger charge is 2.12. The van der Waals surface area contributed by atoms with E-state index in [0.29, 0.717) is 19.8 Å². The molecule has 0 fully saturated rings. The molecule has 2 aromatic heterocycles. The molecule has 0 saturated carbocycles. The van der Waals surface area contributed by atoms with Crippen LogP contribution in [0, 0.1) is 0 Å². The van der Waals surface area contributed by atoms with Gasteiger partial charge in [0.1, 0.15) is 10.7 Å². The third-order valence-electron chi connectivity index (χ3n) is 3.57. The van der Waals surface area contributed by atoms with Gasteiger partial charge in [-0.3, -0.25) is 0 Å². The SMILES string of the molecule is CCOc1ccc(-c2nc(-c3cccc(CN)n3)cs2)cc1OCC. The van der Waals surface area contributed by atoms with Crippen LogP contribution in [0.15, 0.2) is 41.8 Å². The summed E-state index contributed by atoms with van der Waals surface area (Å²) in [5, 5.41) is 2.92. The average Bonchev–Trinajstić information content (AvgIpc) is 3.14. The number of aromatic nitrogens is 2. The van der Waals surface area contributed by atoms with Crippen molar-refractivity contribution >= 4 is 11.3 Å². The van der Waals surface area contributed by atoms with Crippen LogP contribution >= 0.6 is 11.3 Å². The van der Waals surface area contributed by atoms with Crippen molar-refractivity contribution in [2.24, 2.45) is 5.73 Å². The number of rotatable bonds is 7. The summed E-state index contributed by atoms with van der Waals surface area (Å²) in [6.07, 6.45) is 0. The van der Waals surface area contributed by atoms with Crippen LogP contribution in [0.1, 0.15) is 19.5 Å². The van der Waals surface area contributed by atoms with E-state index in [1.165, 1.54) is 0 Å². The predicted molar refractivity (Wildman–Crippen MR) is 101 cm³/mol. The van der Waals surface area contributed by atoms with Crippen molar-refractivity contribution < 1.29 is 9.47 Å². The number of thiazole rings is 1. The predicted octanol–water partition coefficient (Wildman–Crippen LogP) is 4.13. The molecule has 5 nitrogen and oxygen atoms in total. The third kappa shape index (κ3) is 3.97. The summed E-state index contributed by atoms with van der Waals surface area (Å²) in [5.74, 6) is 1.49. The Kier molecular flexibility index (Phi) is 5.63. The van der Waals surface area contributed by atoms with Gasteiger partial charge in [-0.05, 0) is 44.2 Å². The van der Waals surface area contributed by atoms with Gasteiger partial charge in [0.2, 0.25) is 0 Å². The second-order valence-corrected chi connectivity index (χ2v) is 6.14. The van der Waals surface area contributed by atoms with Crippen molar-refractivity contribution in [2.75, 3.05) is 13.2 Å². The first-order valence-corrected chi connectivity index (χ1v) is 9.15. The van der Waals surface area contributed by atoms with Crippen LogP contribution in [-0.4, -0.2) is 23.2 Å². The highest BCUT2D eigenvalue weighted by atomic mass is 32.1. The number of hydrogen-bond donors (Lipinski definition) is 1. The molecule has 0 radical (unpaired) electrons. The largest absolute Gasteiger partial charge is 0.490 e. The highest BCUT2D eigenvalue weighted by molar-refractivity contribution is 7.13. The first-order valence-electron chi connectivity index (χ1n) is 8.27.